The van der Waals surface area contributed by atoms with E-state index >= 15 is 0 Å². The van der Waals surface area contributed by atoms with E-state index in [4.69, 9.17) is 28.9 Å². The van der Waals surface area contributed by atoms with Crippen LogP contribution in [0.4, 0.5) is 15.3 Å². The molecule has 2 fully saturated rings. The van der Waals surface area contributed by atoms with Gasteiger partial charge in [0.25, 0.3) is 0 Å². The Hall–Kier alpha value is -6.74. The number of ether oxygens (including phenoxy) is 4. The van der Waals surface area contributed by atoms with Crippen molar-refractivity contribution in [2.24, 2.45) is 16.8 Å². The molecular weight excluding hydrogens is 815 g/mol. The van der Waals surface area contributed by atoms with E-state index in [-0.39, 0.29) is 35.7 Å². The molecule has 5 atom stereocenters. The number of likely N-dealkylation sites (tertiary alicyclic amines) is 2. The summed E-state index contributed by atoms with van der Waals surface area (Å²) in [5.41, 5.74) is 8.48. The lowest BCUT2D eigenvalue weighted by Gasteiger charge is -2.30. The van der Waals surface area contributed by atoms with Gasteiger partial charge in [-0.15, -0.1) is 0 Å². The number of alkyl carbamates (subject to hydrolysis) is 2. The van der Waals surface area contributed by atoms with E-state index in [0.29, 0.717) is 50.5 Å². The predicted molar refractivity (Wildman–Crippen MR) is 240 cm³/mol. The summed E-state index contributed by atoms with van der Waals surface area (Å²) in [5, 5.41) is 7.59. The summed E-state index contributed by atoms with van der Waals surface area (Å²) in [6, 6.07) is 21.9. The van der Waals surface area contributed by atoms with Crippen LogP contribution in [0.2, 0.25) is 0 Å². The number of imidazole rings is 1. The minimum absolute atomic E-state index is 0.0992. The molecule has 0 saturated carbocycles. The van der Waals surface area contributed by atoms with Crippen LogP contribution in [0.1, 0.15) is 67.7 Å². The number of hydrogen-bond acceptors (Lipinski definition) is 10. The van der Waals surface area contributed by atoms with Gasteiger partial charge < -0.3 is 44.4 Å². The van der Waals surface area contributed by atoms with Crippen molar-refractivity contribution < 1.29 is 38.1 Å². The Morgan fingerprint density at radius 1 is 0.891 bits per heavy atom. The number of nitrogens with one attached hydrogen (secondary N) is 3. The molecule has 4 aliphatic heterocycles. The van der Waals surface area contributed by atoms with Crippen molar-refractivity contribution in [3.05, 3.63) is 102 Å². The normalized spacial score (nSPS) is 19.6. The van der Waals surface area contributed by atoms with Crippen molar-refractivity contribution in [2.45, 2.75) is 70.3 Å². The van der Waals surface area contributed by atoms with E-state index < -0.39 is 24.3 Å². The second-order valence-corrected chi connectivity index (χ2v) is 17.3. The molecule has 332 valence electrons. The van der Waals surface area contributed by atoms with Crippen molar-refractivity contribution in [3.63, 3.8) is 0 Å². The average molecular weight is 868 g/mol. The minimum atomic E-state index is -0.927. The van der Waals surface area contributed by atoms with Gasteiger partial charge in [0.1, 0.15) is 30.3 Å². The Bertz CT molecular complexity index is 2640. The third-order valence-electron chi connectivity index (χ3n) is 13.0. The van der Waals surface area contributed by atoms with Gasteiger partial charge in [-0.3, -0.25) is 14.6 Å². The van der Waals surface area contributed by atoms with Gasteiger partial charge in [0.15, 0.2) is 0 Å². The molecule has 5 aromatic rings. The maximum Gasteiger partial charge on any atom is 0.407 e. The number of amides is 4. The Kier molecular flexibility index (Phi) is 11.8. The maximum absolute atomic E-state index is 14.4. The van der Waals surface area contributed by atoms with Crippen LogP contribution in [0.5, 0.6) is 5.75 Å². The van der Waals surface area contributed by atoms with Crippen molar-refractivity contribution >= 4 is 46.2 Å². The highest BCUT2D eigenvalue weighted by Gasteiger charge is 2.43. The minimum Gasteiger partial charge on any atom is -0.488 e. The summed E-state index contributed by atoms with van der Waals surface area (Å²) in [5.74, 6) is 1.11. The molecule has 0 radical (unpaired) electrons. The van der Waals surface area contributed by atoms with Gasteiger partial charge in [0.05, 0.1) is 50.5 Å². The highest BCUT2D eigenvalue weighted by molar-refractivity contribution is 6.07. The number of hydrogen-bond donors (Lipinski definition) is 3. The molecule has 2 saturated heterocycles. The number of fused-ring (bicyclic) bond motifs is 6. The SMILES string of the molecule is COC[C@H]1C[C@@H](C2=Nc3ccc4cc5c(cc4c3C2)OCc2cc(-c3cnc([C@@H]4CCCN4C(=O)[C@@H](NC(=O)OC)C(C)C)[nH]3)ccc2-5)N(C(=O)[C@H](NC(=O)OC)c2ccccc2)C1. The number of aromatic amines is 1. The van der Waals surface area contributed by atoms with Gasteiger partial charge in [-0.05, 0) is 88.0 Å². The molecule has 4 amide bonds. The third-order valence-corrected chi connectivity index (χ3v) is 13.0. The summed E-state index contributed by atoms with van der Waals surface area (Å²) in [7, 11) is 4.25. The van der Waals surface area contributed by atoms with Crippen LogP contribution in [0.15, 0.2) is 84.0 Å². The fourth-order valence-electron chi connectivity index (χ4n) is 9.85. The largest absolute Gasteiger partial charge is 0.488 e. The van der Waals surface area contributed by atoms with E-state index in [1.807, 2.05) is 60.2 Å². The fraction of sp³-hybridized carbons (Fsp3) is 0.388. The zero-order valence-corrected chi connectivity index (χ0v) is 36.7. The second kappa shape index (κ2) is 17.8. The molecule has 64 heavy (non-hydrogen) atoms. The first-order valence-corrected chi connectivity index (χ1v) is 21.9. The van der Waals surface area contributed by atoms with Crippen LogP contribution in [-0.2, 0) is 36.8 Å². The number of nitrogens with zero attached hydrogens (tertiary/aromatic N) is 4. The standard InChI is InChI=1S/C49H53N7O8/c1-27(2)43(53-48(59)62-4)46(57)55-17-9-12-40(55)45-50-23-39(52-45)31-13-15-33-32(19-31)26-64-42-22-34-30(20-36(33)42)14-16-37-35(34)21-38(51-37)41-18-28(25-61-3)24-56(41)47(58)44(54-49(60)63-5)29-10-7-6-8-11-29/h6-8,10-11,13-16,19-20,22-23,27-28,40-41,43-44H,9,12,17-18,21,24-26H2,1-5H3,(H,50,52)(H,53,59)(H,54,60)/t28-,40-,41-,43-,44+/m0/s1. The molecule has 4 aromatic carbocycles. The quantitative estimate of drug-likeness (QED) is 0.122. The van der Waals surface area contributed by atoms with Crippen molar-refractivity contribution in [3.8, 4) is 28.1 Å². The topological polar surface area (TPSA) is 177 Å². The molecule has 15 nitrogen and oxygen atoms in total. The Balaban J connectivity index is 0.944. The number of carbonyl (C=O) groups excluding carboxylic acids is 4. The molecule has 0 aliphatic carbocycles. The summed E-state index contributed by atoms with van der Waals surface area (Å²) < 4.78 is 21.7. The van der Waals surface area contributed by atoms with Gasteiger partial charge in [-0.2, -0.15) is 0 Å². The maximum atomic E-state index is 14.4. The van der Waals surface area contributed by atoms with E-state index in [0.717, 1.165) is 74.3 Å². The van der Waals surface area contributed by atoms with Crippen LogP contribution < -0.4 is 15.4 Å². The third kappa shape index (κ3) is 8.04. The monoisotopic (exact) mass is 867 g/mol. The summed E-state index contributed by atoms with van der Waals surface area (Å²) in [6.45, 7) is 5.74. The molecule has 9 rings (SSSR count). The zero-order chi connectivity index (χ0) is 44.6. The number of benzene rings is 4. The molecule has 1 aromatic heterocycles. The Morgan fingerprint density at radius 2 is 1.69 bits per heavy atom. The molecule has 0 unspecified atom stereocenters. The molecular formula is C49H53N7O8. The molecule has 4 aliphatic rings. The van der Waals surface area contributed by atoms with Gasteiger partial charge >= 0.3 is 12.2 Å². The van der Waals surface area contributed by atoms with Crippen LogP contribution in [0.3, 0.4) is 0 Å². The van der Waals surface area contributed by atoms with Gasteiger partial charge in [0.2, 0.25) is 11.8 Å². The zero-order valence-electron chi connectivity index (χ0n) is 36.7. The number of methoxy groups -OCH3 is 3. The first kappa shape index (κ1) is 42.6. The number of rotatable bonds is 11. The lowest BCUT2D eigenvalue weighted by atomic mass is 9.90. The van der Waals surface area contributed by atoms with Gasteiger partial charge in [-0.1, -0.05) is 62.4 Å². The Labute approximate surface area is 371 Å². The highest BCUT2D eigenvalue weighted by atomic mass is 16.5. The second-order valence-electron chi connectivity index (χ2n) is 17.3. The molecule has 0 bridgehead atoms. The molecule has 3 N–H and O–H groups in total. The highest BCUT2D eigenvalue weighted by Crippen LogP contribution is 2.45. The summed E-state index contributed by atoms with van der Waals surface area (Å²) >= 11 is 0. The van der Waals surface area contributed by atoms with Crippen LogP contribution in [-0.4, -0.2) is 103 Å². The predicted octanol–water partition coefficient (Wildman–Crippen LogP) is 7.42. The van der Waals surface area contributed by atoms with E-state index in [9.17, 15) is 19.2 Å². The first-order valence-electron chi connectivity index (χ1n) is 21.9. The Morgan fingerprint density at radius 3 is 2.45 bits per heavy atom. The van der Waals surface area contributed by atoms with Crippen molar-refractivity contribution in [1.29, 1.82) is 0 Å². The van der Waals surface area contributed by atoms with Crippen molar-refractivity contribution in [2.75, 3.05) is 41.0 Å². The number of aromatic nitrogens is 2. The molecule has 5 heterocycles. The van der Waals surface area contributed by atoms with Gasteiger partial charge in [0, 0.05) is 43.8 Å². The summed E-state index contributed by atoms with van der Waals surface area (Å²) in [6.07, 6.45) is 3.36. The molecule has 0 spiro atoms. The summed E-state index contributed by atoms with van der Waals surface area (Å²) in [4.78, 5) is 69.7. The lowest BCUT2D eigenvalue weighted by molar-refractivity contribution is -0.135. The smallest absolute Gasteiger partial charge is 0.407 e. The lowest BCUT2D eigenvalue weighted by Crippen LogP contribution is -2.51. The van der Waals surface area contributed by atoms with Crippen LogP contribution >= 0.6 is 0 Å². The van der Waals surface area contributed by atoms with E-state index in [1.54, 1.807) is 7.11 Å². The average Bonchev–Trinajstić information content (AvgIpc) is 4.15. The van der Waals surface area contributed by atoms with Crippen LogP contribution in [0, 0.1) is 11.8 Å². The van der Waals surface area contributed by atoms with E-state index in [1.165, 1.54) is 14.2 Å². The number of carbonyl (C=O) groups is 4. The van der Waals surface area contributed by atoms with Crippen molar-refractivity contribution in [1.82, 2.24) is 30.4 Å². The number of H-pyrrole nitrogens is 1. The van der Waals surface area contributed by atoms with Gasteiger partial charge in [-0.25, -0.2) is 14.6 Å². The van der Waals surface area contributed by atoms with Crippen LogP contribution in [0.25, 0.3) is 33.2 Å². The number of aliphatic imine (C=N–C) groups is 1. The van der Waals surface area contributed by atoms with E-state index in [2.05, 4.69) is 58.1 Å². The molecule has 15 heteroatoms. The fourth-order valence-corrected chi connectivity index (χ4v) is 9.85. The first-order chi connectivity index (χ1) is 31.0.